The number of guanidine groups is 1. The molecule has 0 aromatic heterocycles. The highest BCUT2D eigenvalue weighted by atomic mass is 127. The molecule has 0 aliphatic carbocycles. The largest absolute Gasteiger partial charge is 0.381 e. The Bertz CT molecular complexity index is 473. The van der Waals surface area contributed by atoms with E-state index in [9.17, 15) is 0 Å². The number of hydrogen-bond acceptors (Lipinski definition) is 4. The number of piperazine rings is 1. The van der Waals surface area contributed by atoms with Crippen LogP contribution in [0.25, 0.3) is 0 Å². The van der Waals surface area contributed by atoms with Gasteiger partial charge in [-0.25, -0.2) is 0 Å². The van der Waals surface area contributed by atoms with Crippen LogP contribution in [0.1, 0.15) is 33.6 Å². The fourth-order valence-corrected chi connectivity index (χ4v) is 4.59. The van der Waals surface area contributed by atoms with Crippen LogP contribution in [0, 0.1) is 11.3 Å². The monoisotopic (exact) mass is 493 g/mol. The van der Waals surface area contributed by atoms with Gasteiger partial charge in [-0.15, -0.1) is 24.0 Å². The molecule has 3 rings (SSSR count). The predicted octanol–water partition coefficient (Wildman–Crippen LogP) is 1.95. The zero-order chi connectivity index (χ0) is 18.6. The van der Waals surface area contributed by atoms with Crippen LogP contribution >= 0.6 is 24.0 Å². The first-order valence-corrected chi connectivity index (χ1v) is 10.6. The number of likely N-dealkylation sites (tertiary alicyclic amines) is 1. The van der Waals surface area contributed by atoms with Gasteiger partial charge in [0.25, 0.3) is 0 Å². The van der Waals surface area contributed by atoms with Crippen molar-refractivity contribution in [2.45, 2.75) is 39.7 Å². The number of rotatable bonds is 5. The van der Waals surface area contributed by atoms with Gasteiger partial charge >= 0.3 is 0 Å². The molecule has 0 saturated carbocycles. The van der Waals surface area contributed by atoms with Crippen molar-refractivity contribution in [1.82, 2.24) is 20.0 Å². The minimum absolute atomic E-state index is 0. The van der Waals surface area contributed by atoms with Crippen LogP contribution in [0.4, 0.5) is 0 Å². The Balaban J connectivity index is 0.00000261. The van der Waals surface area contributed by atoms with E-state index in [4.69, 9.17) is 9.73 Å². The number of hydrogen-bond donors (Lipinski definition) is 1. The summed E-state index contributed by atoms with van der Waals surface area (Å²) in [5.74, 6) is 1.73. The molecule has 2 atom stereocenters. The van der Waals surface area contributed by atoms with Gasteiger partial charge in [-0.05, 0) is 32.7 Å². The maximum Gasteiger partial charge on any atom is 0.193 e. The van der Waals surface area contributed by atoms with E-state index in [2.05, 4.69) is 47.8 Å². The van der Waals surface area contributed by atoms with Crippen molar-refractivity contribution in [3.63, 3.8) is 0 Å². The number of ether oxygens (including phenoxy) is 1. The Morgan fingerprint density at radius 3 is 2.48 bits per heavy atom. The molecule has 3 aliphatic heterocycles. The molecule has 27 heavy (non-hydrogen) atoms. The van der Waals surface area contributed by atoms with Gasteiger partial charge in [0, 0.05) is 63.9 Å². The average molecular weight is 493 g/mol. The molecule has 0 aromatic carbocycles. The van der Waals surface area contributed by atoms with E-state index in [1.54, 1.807) is 0 Å². The number of aliphatic imine (C=N–C) groups is 1. The maximum absolute atomic E-state index is 5.69. The van der Waals surface area contributed by atoms with Gasteiger partial charge in [-0.2, -0.15) is 0 Å². The molecule has 3 fully saturated rings. The van der Waals surface area contributed by atoms with Crippen molar-refractivity contribution >= 4 is 29.9 Å². The van der Waals surface area contributed by atoms with E-state index in [-0.39, 0.29) is 24.0 Å². The van der Waals surface area contributed by atoms with Crippen molar-refractivity contribution < 1.29 is 4.74 Å². The molecular weight excluding hydrogens is 453 g/mol. The highest BCUT2D eigenvalue weighted by molar-refractivity contribution is 14.0. The van der Waals surface area contributed by atoms with Gasteiger partial charge in [0.05, 0.1) is 13.2 Å². The second kappa shape index (κ2) is 10.6. The van der Waals surface area contributed by atoms with Crippen LogP contribution < -0.4 is 5.32 Å². The quantitative estimate of drug-likeness (QED) is 0.361. The SMILES string of the molecule is CCNC(=NCC(C(C)C)N1CCN(C)CC1)N1CCC2(CCOC2)C1.I. The lowest BCUT2D eigenvalue weighted by atomic mass is 9.87. The van der Waals surface area contributed by atoms with E-state index in [1.165, 1.54) is 25.9 Å². The first-order chi connectivity index (χ1) is 12.5. The minimum Gasteiger partial charge on any atom is -0.381 e. The number of likely N-dealkylation sites (N-methyl/N-ethyl adjacent to an activating group) is 1. The summed E-state index contributed by atoms with van der Waals surface area (Å²) in [5, 5.41) is 3.54. The Labute approximate surface area is 183 Å². The van der Waals surface area contributed by atoms with Crippen molar-refractivity contribution in [2.75, 3.05) is 72.6 Å². The fraction of sp³-hybridized carbons (Fsp3) is 0.950. The zero-order valence-electron chi connectivity index (χ0n) is 17.7. The van der Waals surface area contributed by atoms with Gasteiger partial charge in [0.15, 0.2) is 5.96 Å². The van der Waals surface area contributed by atoms with Gasteiger partial charge in [0.2, 0.25) is 0 Å². The van der Waals surface area contributed by atoms with Gasteiger partial charge in [-0.1, -0.05) is 13.8 Å². The van der Waals surface area contributed by atoms with E-state index in [0.29, 0.717) is 17.4 Å². The second-order valence-corrected chi connectivity index (χ2v) is 8.82. The van der Waals surface area contributed by atoms with E-state index < -0.39 is 0 Å². The lowest BCUT2D eigenvalue weighted by Gasteiger charge is -2.39. The summed E-state index contributed by atoms with van der Waals surface area (Å²) in [6, 6.07) is 0.531. The van der Waals surface area contributed by atoms with Crippen molar-refractivity contribution in [3.05, 3.63) is 0 Å². The van der Waals surface area contributed by atoms with E-state index in [0.717, 1.165) is 58.4 Å². The molecule has 158 valence electrons. The summed E-state index contributed by atoms with van der Waals surface area (Å²) in [5.41, 5.74) is 0.380. The maximum atomic E-state index is 5.69. The van der Waals surface area contributed by atoms with Gasteiger partial charge < -0.3 is 19.9 Å². The zero-order valence-corrected chi connectivity index (χ0v) is 20.1. The van der Waals surface area contributed by atoms with Crippen LogP contribution in [0.2, 0.25) is 0 Å². The lowest BCUT2D eigenvalue weighted by molar-refractivity contribution is 0.0924. The molecule has 1 spiro atoms. The number of nitrogens with one attached hydrogen (secondary N) is 1. The summed E-state index contributed by atoms with van der Waals surface area (Å²) in [4.78, 5) is 12.6. The van der Waals surface area contributed by atoms with Crippen molar-refractivity contribution in [2.24, 2.45) is 16.3 Å². The molecule has 3 aliphatic rings. The van der Waals surface area contributed by atoms with Crippen LogP contribution in [0.15, 0.2) is 4.99 Å². The molecule has 6 nitrogen and oxygen atoms in total. The van der Waals surface area contributed by atoms with Gasteiger partial charge in [-0.3, -0.25) is 9.89 Å². The first-order valence-electron chi connectivity index (χ1n) is 10.6. The normalized spacial score (nSPS) is 28.8. The third kappa shape index (κ3) is 5.93. The summed E-state index contributed by atoms with van der Waals surface area (Å²) in [6.45, 7) is 17.4. The fourth-order valence-electron chi connectivity index (χ4n) is 4.59. The second-order valence-electron chi connectivity index (χ2n) is 8.82. The summed E-state index contributed by atoms with van der Waals surface area (Å²) in [6.07, 6.45) is 2.45. The van der Waals surface area contributed by atoms with Crippen LogP contribution in [-0.2, 0) is 4.74 Å². The molecule has 3 saturated heterocycles. The number of halogens is 1. The molecule has 1 N–H and O–H groups in total. The predicted molar refractivity (Wildman–Crippen MR) is 123 cm³/mol. The Kier molecular flexibility index (Phi) is 9.09. The Hall–Kier alpha value is -0.120. The summed E-state index contributed by atoms with van der Waals surface area (Å²) in [7, 11) is 2.22. The Morgan fingerprint density at radius 2 is 1.89 bits per heavy atom. The van der Waals surface area contributed by atoms with E-state index >= 15 is 0 Å². The van der Waals surface area contributed by atoms with Gasteiger partial charge in [0.1, 0.15) is 0 Å². The first kappa shape index (κ1) is 23.2. The molecule has 3 heterocycles. The van der Waals surface area contributed by atoms with Crippen LogP contribution in [0.5, 0.6) is 0 Å². The van der Waals surface area contributed by atoms with E-state index in [1.807, 2.05) is 0 Å². The molecule has 7 heteroatoms. The average Bonchev–Trinajstić information content (AvgIpc) is 3.25. The van der Waals surface area contributed by atoms with Crippen LogP contribution in [-0.4, -0.2) is 99.3 Å². The number of nitrogens with zero attached hydrogens (tertiary/aromatic N) is 4. The highest BCUT2D eigenvalue weighted by Gasteiger charge is 2.42. The standard InChI is InChI=1S/C20H39N5O.HI/c1-5-21-19(25-8-6-20(15-25)7-13-26-16-20)22-14-18(17(2)3)24-11-9-23(4)10-12-24;/h17-18H,5-16H2,1-4H3,(H,21,22);1H. The van der Waals surface area contributed by atoms with Crippen molar-refractivity contribution in [3.8, 4) is 0 Å². The Morgan fingerprint density at radius 1 is 1.15 bits per heavy atom. The molecule has 0 bridgehead atoms. The molecule has 0 radical (unpaired) electrons. The van der Waals surface area contributed by atoms with Crippen LogP contribution in [0.3, 0.4) is 0 Å². The molecule has 0 aromatic rings. The third-order valence-corrected chi connectivity index (χ3v) is 6.46. The summed E-state index contributed by atoms with van der Waals surface area (Å²) < 4.78 is 5.69. The molecule has 2 unspecified atom stereocenters. The minimum atomic E-state index is 0. The molecule has 0 amide bonds. The topological polar surface area (TPSA) is 43.3 Å². The third-order valence-electron chi connectivity index (χ3n) is 6.46. The summed E-state index contributed by atoms with van der Waals surface area (Å²) >= 11 is 0. The smallest absolute Gasteiger partial charge is 0.193 e. The lowest BCUT2D eigenvalue weighted by Crippen LogP contribution is -2.52. The van der Waals surface area contributed by atoms with Crippen molar-refractivity contribution in [1.29, 1.82) is 0 Å². The highest BCUT2D eigenvalue weighted by Crippen LogP contribution is 2.38. The molecular formula is C20H40IN5O.